The van der Waals surface area contributed by atoms with Crippen molar-refractivity contribution in [1.82, 2.24) is 4.90 Å². The minimum atomic E-state index is -0.465. The van der Waals surface area contributed by atoms with Crippen molar-refractivity contribution in [2.45, 2.75) is 50.0 Å². The number of carbonyl (C=O) groups excluding carboxylic acids is 2. The van der Waals surface area contributed by atoms with E-state index in [9.17, 15) is 14.0 Å². The largest absolute Gasteiger partial charge is 0.342 e. The number of rotatable bonds is 6. The summed E-state index contributed by atoms with van der Waals surface area (Å²) in [6, 6.07) is 12.1. The van der Waals surface area contributed by atoms with Crippen LogP contribution in [0.2, 0.25) is 0 Å². The lowest BCUT2D eigenvalue weighted by atomic mass is 9.94. The van der Waals surface area contributed by atoms with E-state index in [0.29, 0.717) is 16.5 Å². The Balaban J connectivity index is 1.65. The highest BCUT2D eigenvalue weighted by Gasteiger charge is 2.22. The zero-order valence-electron chi connectivity index (χ0n) is 16.9. The number of hydrogen-bond donors (Lipinski definition) is 1. The summed E-state index contributed by atoms with van der Waals surface area (Å²) in [6.45, 7) is 1.79. The number of thioether (sulfide) groups is 1. The van der Waals surface area contributed by atoms with Gasteiger partial charge in [-0.25, -0.2) is 4.39 Å². The normalized spacial score (nSPS) is 14.4. The van der Waals surface area contributed by atoms with E-state index in [0.717, 1.165) is 18.4 Å². The van der Waals surface area contributed by atoms with Gasteiger partial charge in [-0.2, -0.15) is 0 Å². The first-order valence-corrected chi connectivity index (χ1v) is 11.0. The molecule has 1 saturated carbocycles. The van der Waals surface area contributed by atoms with Crippen molar-refractivity contribution in [1.29, 1.82) is 0 Å². The summed E-state index contributed by atoms with van der Waals surface area (Å²) in [4.78, 5) is 27.9. The Hall–Kier alpha value is -2.34. The predicted octanol–water partition coefficient (Wildman–Crippen LogP) is 5.27. The van der Waals surface area contributed by atoms with Crippen LogP contribution in [0.5, 0.6) is 0 Å². The van der Waals surface area contributed by atoms with Crippen LogP contribution >= 0.6 is 11.8 Å². The lowest BCUT2D eigenvalue weighted by molar-refractivity contribution is -0.129. The third-order valence-electron chi connectivity index (χ3n) is 5.37. The fraction of sp³-hybridized carbons (Fsp3) is 0.391. The molecule has 2 amide bonds. The van der Waals surface area contributed by atoms with E-state index < -0.39 is 5.82 Å². The highest BCUT2D eigenvalue weighted by Crippen LogP contribution is 2.26. The van der Waals surface area contributed by atoms with Gasteiger partial charge in [0.2, 0.25) is 5.91 Å². The van der Waals surface area contributed by atoms with Gasteiger partial charge < -0.3 is 10.2 Å². The molecule has 0 aromatic heterocycles. The van der Waals surface area contributed by atoms with E-state index in [1.807, 2.05) is 24.1 Å². The Morgan fingerprint density at radius 1 is 1.14 bits per heavy atom. The maximum Gasteiger partial charge on any atom is 0.256 e. The second-order valence-electron chi connectivity index (χ2n) is 7.52. The third-order valence-corrected chi connectivity index (χ3v) is 6.43. The number of aryl methyl sites for hydroxylation is 1. The molecule has 2 aromatic carbocycles. The number of halogens is 1. The van der Waals surface area contributed by atoms with Crippen molar-refractivity contribution < 1.29 is 14.0 Å². The van der Waals surface area contributed by atoms with E-state index in [4.69, 9.17) is 0 Å². The molecule has 0 bridgehead atoms. The van der Waals surface area contributed by atoms with Crippen molar-refractivity contribution in [2.24, 2.45) is 0 Å². The number of nitrogens with zero attached hydrogens (tertiary/aromatic N) is 1. The molecule has 0 atom stereocenters. The summed E-state index contributed by atoms with van der Waals surface area (Å²) in [5.41, 5.74) is 1.37. The molecule has 154 valence electrons. The van der Waals surface area contributed by atoms with Gasteiger partial charge in [0.25, 0.3) is 5.91 Å². The second-order valence-corrected chi connectivity index (χ2v) is 8.54. The second kappa shape index (κ2) is 9.92. The molecular formula is C23H27FN2O2S. The summed E-state index contributed by atoms with van der Waals surface area (Å²) in [5, 5.41) is 2.63. The van der Waals surface area contributed by atoms with Gasteiger partial charge in [-0.15, -0.1) is 11.8 Å². The molecule has 3 rings (SSSR count). The molecular weight excluding hydrogens is 387 g/mol. The maximum atomic E-state index is 14.1. The Labute approximate surface area is 175 Å². The smallest absolute Gasteiger partial charge is 0.256 e. The zero-order chi connectivity index (χ0) is 20.8. The lowest BCUT2D eigenvalue weighted by Crippen LogP contribution is -2.39. The molecule has 0 heterocycles. The zero-order valence-corrected chi connectivity index (χ0v) is 17.7. The van der Waals surface area contributed by atoms with Crippen LogP contribution in [-0.4, -0.2) is 35.6 Å². The molecule has 29 heavy (non-hydrogen) atoms. The molecule has 0 radical (unpaired) electrons. The minimum Gasteiger partial charge on any atom is -0.342 e. The molecule has 4 nitrogen and oxygen atoms in total. The van der Waals surface area contributed by atoms with E-state index in [-0.39, 0.29) is 23.3 Å². The summed E-state index contributed by atoms with van der Waals surface area (Å²) >= 11 is 1.35. The van der Waals surface area contributed by atoms with Crippen LogP contribution in [0, 0.1) is 12.7 Å². The van der Waals surface area contributed by atoms with E-state index in [2.05, 4.69) is 5.32 Å². The van der Waals surface area contributed by atoms with E-state index in [1.54, 1.807) is 31.2 Å². The number of anilines is 1. The highest BCUT2D eigenvalue weighted by molar-refractivity contribution is 8.00. The molecule has 0 unspecified atom stereocenters. The number of carbonyl (C=O) groups is 2. The molecule has 1 aliphatic carbocycles. The molecule has 0 spiro atoms. The van der Waals surface area contributed by atoms with Crippen molar-refractivity contribution in [3.8, 4) is 0 Å². The molecule has 0 saturated heterocycles. The molecule has 1 fully saturated rings. The SMILES string of the molecule is Cc1ccc(NC(=O)c2ccccc2SCC(=O)N(C)C2CCCCC2)c(F)c1. The summed E-state index contributed by atoms with van der Waals surface area (Å²) in [7, 11) is 1.87. The van der Waals surface area contributed by atoms with Gasteiger partial charge in [-0.1, -0.05) is 37.5 Å². The maximum absolute atomic E-state index is 14.1. The van der Waals surface area contributed by atoms with Gasteiger partial charge >= 0.3 is 0 Å². The fourth-order valence-corrected chi connectivity index (χ4v) is 4.58. The van der Waals surface area contributed by atoms with Crippen LogP contribution in [0.1, 0.15) is 48.0 Å². The quantitative estimate of drug-likeness (QED) is 0.655. The van der Waals surface area contributed by atoms with Crippen LogP contribution in [-0.2, 0) is 4.79 Å². The topological polar surface area (TPSA) is 49.4 Å². The van der Waals surface area contributed by atoms with Crippen LogP contribution in [0.15, 0.2) is 47.4 Å². The molecule has 0 aliphatic heterocycles. The summed E-state index contributed by atoms with van der Waals surface area (Å²) in [5.74, 6) is -0.505. The lowest BCUT2D eigenvalue weighted by Gasteiger charge is -2.31. The summed E-state index contributed by atoms with van der Waals surface area (Å²) in [6.07, 6.45) is 5.72. The third kappa shape index (κ3) is 5.60. The predicted molar refractivity (Wildman–Crippen MR) is 116 cm³/mol. The van der Waals surface area contributed by atoms with Crippen molar-refractivity contribution in [3.05, 3.63) is 59.4 Å². The number of benzene rings is 2. The fourth-order valence-electron chi connectivity index (χ4n) is 3.60. The monoisotopic (exact) mass is 414 g/mol. The Bertz CT molecular complexity index is 881. The Kier molecular flexibility index (Phi) is 7.31. The first kappa shape index (κ1) is 21.4. The number of hydrogen-bond acceptors (Lipinski definition) is 3. The first-order chi connectivity index (χ1) is 14.0. The average Bonchev–Trinajstić information content (AvgIpc) is 2.74. The summed E-state index contributed by atoms with van der Waals surface area (Å²) < 4.78 is 14.1. The Morgan fingerprint density at radius 2 is 1.86 bits per heavy atom. The van der Waals surface area contributed by atoms with Gasteiger partial charge in [0.1, 0.15) is 5.82 Å². The van der Waals surface area contributed by atoms with Crippen LogP contribution in [0.25, 0.3) is 0 Å². The molecule has 1 aliphatic rings. The standard InChI is InChI=1S/C23H27FN2O2S/c1-16-12-13-20(19(24)14-16)25-23(28)18-10-6-7-11-21(18)29-15-22(27)26(2)17-8-4-3-5-9-17/h6-7,10-14,17H,3-5,8-9,15H2,1-2H3,(H,25,28). The number of amides is 2. The van der Waals surface area contributed by atoms with Gasteiger partial charge in [0, 0.05) is 18.0 Å². The highest BCUT2D eigenvalue weighted by atomic mass is 32.2. The Morgan fingerprint density at radius 3 is 2.59 bits per heavy atom. The minimum absolute atomic E-state index is 0.0710. The van der Waals surface area contributed by atoms with Crippen LogP contribution in [0.3, 0.4) is 0 Å². The van der Waals surface area contributed by atoms with E-state index >= 15 is 0 Å². The van der Waals surface area contributed by atoms with Crippen LogP contribution < -0.4 is 5.32 Å². The molecule has 1 N–H and O–H groups in total. The van der Waals surface area contributed by atoms with Crippen LogP contribution in [0.4, 0.5) is 10.1 Å². The van der Waals surface area contributed by atoms with Crippen molar-refractivity contribution >= 4 is 29.3 Å². The van der Waals surface area contributed by atoms with Gasteiger partial charge in [0.05, 0.1) is 17.0 Å². The van der Waals surface area contributed by atoms with Gasteiger partial charge in [-0.05, 0) is 49.6 Å². The average molecular weight is 415 g/mol. The number of nitrogens with one attached hydrogen (secondary N) is 1. The molecule has 2 aromatic rings. The first-order valence-electron chi connectivity index (χ1n) is 10.0. The van der Waals surface area contributed by atoms with Crippen molar-refractivity contribution in [3.63, 3.8) is 0 Å². The van der Waals surface area contributed by atoms with Gasteiger partial charge in [0.15, 0.2) is 0 Å². The van der Waals surface area contributed by atoms with Gasteiger partial charge in [-0.3, -0.25) is 9.59 Å². The molecule has 6 heteroatoms. The van der Waals surface area contributed by atoms with Crippen molar-refractivity contribution in [2.75, 3.05) is 18.1 Å². The van der Waals surface area contributed by atoms with E-state index in [1.165, 1.54) is 37.1 Å².